The molecule has 0 aliphatic heterocycles. The Balaban J connectivity index is 2.39. The lowest BCUT2D eigenvalue weighted by Gasteiger charge is -2.18. The normalized spacial score (nSPS) is 11.7. The molecular formula is C11H16ClNO. The number of ether oxygens (including phenoxy) is 1. The van der Waals surface area contributed by atoms with Gasteiger partial charge in [-0.2, -0.15) is 0 Å². The van der Waals surface area contributed by atoms with E-state index in [9.17, 15) is 0 Å². The topological polar surface area (TPSA) is 35.2 Å². The van der Waals surface area contributed by atoms with E-state index in [0.717, 1.165) is 10.6 Å². The van der Waals surface area contributed by atoms with Gasteiger partial charge in [0.1, 0.15) is 0 Å². The van der Waals surface area contributed by atoms with E-state index in [1.807, 2.05) is 38.1 Å². The first-order chi connectivity index (χ1) is 6.47. The molecule has 1 rings (SSSR count). The second-order valence-corrected chi connectivity index (χ2v) is 4.55. The molecule has 3 heteroatoms. The number of rotatable bonds is 4. The third-order valence-corrected chi connectivity index (χ3v) is 1.87. The minimum atomic E-state index is -0.279. The number of hydrogen-bond acceptors (Lipinski definition) is 2. The Morgan fingerprint density at radius 2 is 2.14 bits per heavy atom. The van der Waals surface area contributed by atoms with Crippen molar-refractivity contribution in [1.82, 2.24) is 0 Å². The van der Waals surface area contributed by atoms with Crippen LogP contribution >= 0.6 is 11.6 Å². The first-order valence-electron chi connectivity index (χ1n) is 4.58. The lowest BCUT2D eigenvalue weighted by Crippen LogP contribution is -2.37. The number of benzene rings is 1. The molecule has 0 bridgehead atoms. The van der Waals surface area contributed by atoms with Crippen molar-refractivity contribution in [2.24, 2.45) is 5.73 Å². The number of halogens is 1. The Kier molecular flexibility index (Phi) is 3.93. The molecule has 78 valence electrons. The monoisotopic (exact) mass is 213 g/mol. The molecule has 0 unspecified atom stereocenters. The summed E-state index contributed by atoms with van der Waals surface area (Å²) in [4.78, 5) is 0. The van der Waals surface area contributed by atoms with Gasteiger partial charge < -0.3 is 10.5 Å². The van der Waals surface area contributed by atoms with Crippen molar-refractivity contribution < 1.29 is 4.74 Å². The van der Waals surface area contributed by atoms with Gasteiger partial charge in [0.05, 0.1) is 13.2 Å². The molecule has 0 aliphatic rings. The summed E-state index contributed by atoms with van der Waals surface area (Å²) in [5.74, 6) is 0. The van der Waals surface area contributed by atoms with E-state index < -0.39 is 0 Å². The Hall–Kier alpha value is -0.570. The van der Waals surface area contributed by atoms with Crippen molar-refractivity contribution in [3.05, 3.63) is 34.9 Å². The van der Waals surface area contributed by atoms with Gasteiger partial charge in [-0.05, 0) is 31.5 Å². The highest BCUT2D eigenvalue weighted by Gasteiger charge is 2.10. The average Bonchev–Trinajstić information content (AvgIpc) is 2.01. The van der Waals surface area contributed by atoms with Gasteiger partial charge >= 0.3 is 0 Å². The maximum Gasteiger partial charge on any atom is 0.0718 e. The first-order valence-corrected chi connectivity index (χ1v) is 4.96. The van der Waals surface area contributed by atoms with Crippen LogP contribution in [0, 0.1) is 0 Å². The van der Waals surface area contributed by atoms with Crippen molar-refractivity contribution in [2.45, 2.75) is 26.0 Å². The average molecular weight is 214 g/mol. The van der Waals surface area contributed by atoms with Crippen LogP contribution in [0.2, 0.25) is 5.02 Å². The lowest BCUT2D eigenvalue weighted by atomic mass is 10.1. The predicted octanol–water partition coefficient (Wildman–Crippen LogP) is 2.59. The smallest absolute Gasteiger partial charge is 0.0718 e. The van der Waals surface area contributed by atoms with E-state index >= 15 is 0 Å². The molecular weight excluding hydrogens is 198 g/mol. The van der Waals surface area contributed by atoms with Gasteiger partial charge in [0.2, 0.25) is 0 Å². The Bertz CT molecular complexity index is 294. The summed E-state index contributed by atoms with van der Waals surface area (Å²) >= 11 is 5.83. The lowest BCUT2D eigenvalue weighted by molar-refractivity contribution is 0.0851. The van der Waals surface area contributed by atoms with E-state index in [-0.39, 0.29) is 5.54 Å². The predicted molar refractivity (Wildman–Crippen MR) is 59.4 cm³/mol. The van der Waals surface area contributed by atoms with Crippen molar-refractivity contribution >= 4 is 11.6 Å². The van der Waals surface area contributed by atoms with Gasteiger partial charge in [-0.3, -0.25) is 0 Å². The molecule has 0 fully saturated rings. The fourth-order valence-corrected chi connectivity index (χ4v) is 1.27. The van der Waals surface area contributed by atoms with E-state index in [0.29, 0.717) is 13.2 Å². The van der Waals surface area contributed by atoms with Gasteiger partial charge in [0, 0.05) is 10.6 Å². The molecule has 1 aromatic carbocycles. The standard InChI is InChI=1S/C11H16ClNO/c1-11(2,13)8-14-7-9-4-3-5-10(12)6-9/h3-6H,7-8,13H2,1-2H3. The Morgan fingerprint density at radius 3 is 2.71 bits per heavy atom. The fourth-order valence-electron chi connectivity index (χ4n) is 1.06. The van der Waals surface area contributed by atoms with E-state index in [1.54, 1.807) is 0 Å². The minimum absolute atomic E-state index is 0.279. The van der Waals surface area contributed by atoms with Gasteiger partial charge in [0.15, 0.2) is 0 Å². The molecule has 0 saturated heterocycles. The summed E-state index contributed by atoms with van der Waals surface area (Å²) < 4.78 is 5.46. The van der Waals surface area contributed by atoms with Crippen LogP contribution in [0.5, 0.6) is 0 Å². The van der Waals surface area contributed by atoms with Gasteiger partial charge in [0.25, 0.3) is 0 Å². The minimum Gasteiger partial charge on any atom is -0.375 e. The zero-order valence-corrected chi connectivity index (χ0v) is 9.34. The van der Waals surface area contributed by atoms with Crippen molar-refractivity contribution in [2.75, 3.05) is 6.61 Å². The molecule has 2 nitrogen and oxygen atoms in total. The molecule has 0 atom stereocenters. The second kappa shape index (κ2) is 4.78. The van der Waals surface area contributed by atoms with Crippen LogP contribution in [0.1, 0.15) is 19.4 Å². The quantitative estimate of drug-likeness (QED) is 0.835. The third-order valence-electron chi connectivity index (χ3n) is 1.63. The van der Waals surface area contributed by atoms with Crippen LogP contribution in [0.25, 0.3) is 0 Å². The van der Waals surface area contributed by atoms with E-state index in [1.165, 1.54) is 0 Å². The van der Waals surface area contributed by atoms with Crippen LogP contribution < -0.4 is 5.73 Å². The summed E-state index contributed by atoms with van der Waals surface area (Å²) in [6, 6.07) is 7.63. The molecule has 0 heterocycles. The molecule has 2 N–H and O–H groups in total. The summed E-state index contributed by atoms with van der Waals surface area (Å²) in [7, 11) is 0. The van der Waals surface area contributed by atoms with E-state index in [2.05, 4.69) is 0 Å². The highest BCUT2D eigenvalue weighted by molar-refractivity contribution is 6.30. The number of hydrogen-bond donors (Lipinski definition) is 1. The largest absolute Gasteiger partial charge is 0.375 e. The Morgan fingerprint density at radius 1 is 1.43 bits per heavy atom. The third kappa shape index (κ3) is 4.61. The van der Waals surface area contributed by atoms with Gasteiger partial charge in [-0.1, -0.05) is 23.7 Å². The van der Waals surface area contributed by atoms with Crippen LogP contribution in [-0.4, -0.2) is 12.1 Å². The molecule has 0 radical (unpaired) electrons. The number of nitrogens with two attached hydrogens (primary N) is 1. The Labute approximate surface area is 90.0 Å². The van der Waals surface area contributed by atoms with E-state index in [4.69, 9.17) is 22.1 Å². The van der Waals surface area contributed by atoms with Crippen molar-refractivity contribution in [3.63, 3.8) is 0 Å². The van der Waals surface area contributed by atoms with Gasteiger partial charge in [-0.25, -0.2) is 0 Å². The molecule has 0 aromatic heterocycles. The summed E-state index contributed by atoms with van der Waals surface area (Å²) in [6.45, 7) is 4.97. The SMILES string of the molecule is CC(C)(N)COCc1cccc(Cl)c1. The molecule has 1 aromatic rings. The van der Waals surface area contributed by atoms with Crippen LogP contribution in [0.4, 0.5) is 0 Å². The van der Waals surface area contributed by atoms with Crippen LogP contribution in [0.3, 0.4) is 0 Å². The molecule has 0 amide bonds. The summed E-state index contributed by atoms with van der Waals surface area (Å²) in [6.07, 6.45) is 0. The summed E-state index contributed by atoms with van der Waals surface area (Å²) in [5, 5.41) is 0.734. The zero-order valence-electron chi connectivity index (χ0n) is 8.59. The summed E-state index contributed by atoms with van der Waals surface area (Å²) in [5.41, 5.74) is 6.57. The first kappa shape index (κ1) is 11.5. The fraction of sp³-hybridized carbons (Fsp3) is 0.455. The highest BCUT2D eigenvalue weighted by Crippen LogP contribution is 2.11. The maximum absolute atomic E-state index is 5.83. The zero-order chi connectivity index (χ0) is 10.6. The molecule has 0 saturated carbocycles. The van der Waals surface area contributed by atoms with Crippen molar-refractivity contribution in [3.8, 4) is 0 Å². The maximum atomic E-state index is 5.83. The molecule has 0 aliphatic carbocycles. The molecule has 0 spiro atoms. The highest BCUT2D eigenvalue weighted by atomic mass is 35.5. The van der Waals surface area contributed by atoms with Crippen LogP contribution in [0.15, 0.2) is 24.3 Å². The molecule has 14 heavy (non-hydrogen) atoms. The van der Waals surface area contributed by atoms with Crippen molar-refractivity contribution in [1.29, 1.82) is 0 Å². The van der Waals surface area contributed by atoms with Gasteiger partial charge in [-0.15, -0.1) is 0 Å². The second-order valence-electron chi connectivity index (χ2n) is 4.11. The van der Waals surface area contributed by atoms with Crippen LogP contribution in [-0.2, 0) is 11.3 Å².